The fourth-order valence-corrected chi connectivity index (χ4v) is 3.20. The number of benzene rings is 2. The predicted octanol–water partition coefficient (Wildman–Crippen LogP) is 5.15. The van der Waals surface area contributed by atoms with Crippen molar-refractivity contribution in [2.75, 3.05) is 0 Å². The summed E-state index contributed by atoms with van der Waals surface area (Å²) in [5.74, 6) is 0.778. The quantitative estimate of drug-likeness (QED) is 0.623. The fraction of sp³-hybridized carbons (Fsp3) is 0.263. The molecule has 0 saturated heterocycles. The highest BCUT2D eigenvalue weighted by molar-refractivity contribution is 7.71. The molecule has 110 valence electrons. The molecule has 1 heterocycles. The van der Waals surface area contributed by atoms with Gasteiger partial charge in [0.1, 0.15) is 0 Å². The van der Waals surface area contributed by atoms with Gasteiger partial charge in [0.25, 0.3) is 0 Å². The molecule has 1 aliphatic carbocycles. The van der Waals surface area contributed by atoms with Crippen LogP contribution in [-0.2, 0) is 6.54 Å². The first-order valence-corrected chi connectivity index (χ1v) is 8.20. The van der Waals surface area contributed by atoms with E-state index in [1.165, 1.54) is 29.3 Å². The summed E-state index contributed by atoms with van der Waals surface area (Å²) in [6.07, 6.45) is 2.63. The van der Waals surface area contributed by atoms with Gasteiger partial charge in [-0.05, 0) is 49.5 Å². The Morgan fingerprint density at radius 2 is 1.91 bits per heavy atom. The van der Waals surface area contributed by atoms with Gasteiger partial charge in [-0.15, -0.1) is 0 Å². The van der Waals surface area contributed by atoms with Crippen LogP contribution in [0.15, 0.2) is 48.5 Å². The molecule has 1 fully saturated rings. The van der Waals surface area contributed by atoms with E-state index >= 15 is 0 Å². The third-order valence-corrected chi connectivity index (χ3v) is 4.63. The third kappa shape index (κ3) is 2.46. The molecule has 0 atom stereocenters. The first kappa shape index (κ1) is 13.6. The van der Waals surface area contributed by atoms with E-state index < -0.39 is 0 Å². The van der Waals surface area contributed by atoms with Crippen molar-refractivity contribution in [1.29, 1.82) is 0 Å². The van der Waals surface area contributed by atoms with Crippen LogP contribution in [0.25, 0.3) is 22.2 Å². The molecule has 4 rings (SSSR count). The minimum absolute atomic E-state index is 0.698. The number of fused-ring (bicyclic) bond motifs is 1. The van der Waals surface area contributed by atoms with Gasteiger partial charge in [-0.2, -0.15) is 0 Å². The maximum absolute atomic E-state index is 5.61. The Balaban J connectivity index is 2.01. The second kappa shape index (κ2) is 5.33. The Bertz CT molecular complexity index is 892. The smallest absolute Gasteiger partial charge is 0.200 e. The van der Waals surface area contributed by atoms with Gasteiger partial charge >= 0.3 is 0 Å². The van der Waals surface area contributed by atoms with E-state index in [1.54, 1.807) is 0 Å². The molecule has 0 unspecified atom stereocenters. The van der Waals surface area contributed by atoms with Crippen LogP contribution in [0.5, 0.6) is 0 Å². The zero-order chi connectivity index (χ0) is 15.1. The summed E-state index contributed by atoms with van der Waals surface area (Å²) in [7, 11) is 0. The lowest BCUT2D eigenvalue weighted by Gasteiger charge is -2.14. The average Bonchev–Trinajstić information content (AvgIpc) is 3.35. The maximum atomic E-state index is 5.61. The zero-order valence-electron chi connectivity index (χ0n) is 12.6. The van der Waals surface area contributed by atoms with Gasteiger partial charge in [-0.1, -0.05) is 42.5 Å². The van der Waals surface area contributed by atoms with Crippen molar-refractivity contribution < 1.29 is 0 Å². The molecular weight excluding hydrogens is 288 g/mol. The van der Waals surface area contributed by atoms with E-state index in [0.29, 0.717) is 4.77 Å². The Morgan fingerprint density at radius 3 is 2.64 bits per heavy atom. The van der Waals surface area contributed by atoms with Crippen LogP contribution in [0.3, 0.4) is 0 Å². The van der Waals surface area contributed by atoms with Gasteiger partial charge in [0.2, 0.25) is 4.77 Å². The molecule has 2 aromatic carbocycles. The third-order valence-electron chi connectivity index (χ3n) is 4.32. The van der Waals surface area contributed by atoms with Gasteiger partial charge in [0.05, 0.1) is 11.2 Å². The molecule has 1 aromatic heterocycles. The van der Waals surface area contributed by atoms with E-state index in [0.717, 1.165) is 23.7 Å². The monoisotopic (exact) mass is 306 g/mol. The van der Waals surface area contributed by atoms with Gasteiger partial charge < -0.3 is 4.57 Å². The maximum Gasteiger partial charge on any atom is 0.200 e. The van der Waals surface area contributed by atoms with Gasteiger partial charge in [0, 0.05) is 17.5 Å². The Morgan fingerprint density at radius 1 is 1.14 bits per heavy atom. The fourth-order valence-electron chi connectivity index (χ4n) is 2.94. The van der Waals surface area contributed by atoms with Crippen LogP contribution in [0, 0.1) is 17.6 Å². The topological polar surface area (TPSA) is 17.8 Å². The van der Waals surface area contributed by atoms with E-state index in [-0.39, 0.29) is 0 Å². The van der Waals surface area contributed by atoms with E-state index in [4.69, 9.17) is 17.2 Å². The van der Waals surface area contributed by atoms with E-state index in [1.807, 2.05) is 18.2 Å². The lowest BCUT2D eigenvalue weighted by molar-refractivity contribution is 0.626. The van der Waals surface area contributed by atoms with Crippen molar-refractivity contribution in [1.82, 2.24) is 9.55 Å². The SMILES string of the molecule is Cc1ccc2c(-c3ccccc3)nc(=S)n(CC3CC3)c2c1. The number of hydrogen-bond donors (Lipinski definition) is 0. The van der Waals surface area contributed by atoms with Crippen LogP contribution >= 0.6 is 12.2 Å². The first-order chi connectivity index (χ1) is 10.7. The molecule has 0 radical (unpaired) electrons. The lowest BCUT2D eigenvalue weighted by atomic mass is 10.0. The predicted molar refractivity (Wildman–Crippen MR) is 93.5 cm³/mol. The van der Waals surface area contributed by atoms with Gasteiger partial charge in [-0.3, -0.25) is 0 Å². The molecule has 0 N–H and O–H groups in total. The molecule has 1 saturated carbocycles. The molecule has 0 spiro atoms. The number of nitrogens with zero attached hydrogens (tertiary/aromatic N) is 2. The molecule has 3 heteroatoms. The van der Waals surface area contributed by atoms with Crippen molar-refractivity contribution in [3.05, 3.63) is 58.9 Å². The number of hydrogen-bond acceptors (Lipinski definition) is 2. The number of aryl methyl sites for hydroxylation is 1. The summed E-state index contributed by atoms with van der Waals surface area (Å²) in [5.41, 5.74) is 4.59. The van der Waals surface area contributed by atoms with Crippen LogP contribution in [0.1, 0.15) is 18.4 Å². The van der Waals surface area contributed by atoms with E-state index in [2.05, 4.69) is 41.8 Å². The zero-order valence-corrected chi connectivity index (χ0v) is 13.4. The van der Waals surface area contributed by atoms with E-state index in [9.17, 15) is 0 Å². The van der Waals surface area contributed by atoms with Crippen molar-refractivity contribution in [3.8, 4) is 11.3 Å². The molecule has 0 aliphatic heterocycles. The number of aromatic nitrogens is 2. The highest BCUT2D eigenvalue weighted by atomic mass is 32.1. The van der Waals surface area contributed by atoms with Crippen molar-refractivity contribution in [2.45, 2.75) is 26.3 Å². The largest absolute Gasteiger partial charge is 0.316 e. The molecule has 22 heavy (non-hydrogen) atoms. The van der Waals surface area contributed by atoms with Crippen LogP contribution in [0.2, 0.25) is 0 Å². The summed E-state index contributed by atoms with van der Waals surface area (Å²) in [6.45, 7) is 3.13. The van der Waals surface area contributed by atoms with Gasteiger partial charge in [0.15, 0.2) is 0 Å². The summed E-state index contributed by atoms with van der Waals surface area (Å²) in [4.78, 5) is 4.76. The Labute approximate surface area is 135 Å². The Hall–Kier alpha value is -2.00. The second-order valence-corrected chi connectivity index (χ2v) is 6.55. The standard InChI is InChI=1S/C19H18N2S/c1-13-7-10-16-17(11-13)21(12-14-8-9-14)19(22)20-18(16)15-5-3-2-4-6-15/h2-7,10-11,14H,8-9,12H2,1H3. The summed E-state index contributed by atoms with van der Waals surface area (Å²) in [5, 5.41) is 1.19. The lowest BCUT2D eigenvalue weighted by Crippen LogP contribution is -2.07. The summed E-state index contributed by atoms with van der Waals surface area (Å²) < 4.78 is 2.92. The molecular formula is C19H18N2S. The van der Waals surface area contributed by atoms with Crippen molar-refractivity contribution >= 4 is 23.1 Å². The van der Waals surface area contributed by atoms with Crippen molar-refractivity contribution in [2.24, 2.45) is 5.92 Å². The van der Waals surface area contributed by atoms with Crippen molar-refractivity contribution in [3.63, 3.8) is 0 Å². The molecule has 0 bridgehead atoms. The van der Waals surface area contributed by atoms with Crippen LogP contribution in [0.4, 0.5) is 0 Å². The second-order valence-electron chi connectivity index (χ2n) is 6.18. The number of rotatable bonds is 3. The molecule has 0 amide bonds. The normalized spacial score (nSPS) is 14.4. The highest BCUT2D eigenvalue weighted by Gasteiger charge is 2.23. The minimum Gasteiger partial charge on any atom is -0.316 e. The van der Waals surface area contributed by atoms with Gasteiger partial charge in [-0.25, -0.2) is 4.98 Å². The summed E-state index contributed by atoms with van der Waals surface area (Å²) >= 11 is 5.61. The molecule has 3 aromatic rings. The summed E-state index contributed by atoms with van der Waals surface area (Å²) in [6, 6.07) is 16.9. The average molecular weight is 306 g/mol. The molecule has 1 aliphatic rings. The highest BCUT2D eigenvalue weighted by Crippen LogP contribution is 2.33. The first-order valence-electron chi connectivity index (χ1n) is 7.79. The minimum atomic E-state index is 0.698. The molecule has 2 nitrogen and oxygen atoms in total. The van der Waals surface area contributed by atoms with Crippen LogP contribution in [-0.4, -0.2) is 9.55 Å². The Kier molecular flexibility index (Phi) is 3.30. The van der Waals surface area contributed by atoms with Crippen LogP contribution < -0.4 is 0 Å².